The van der Waals surface area contributed by atoms with E-state index in [1.165, 1.54) is 5.39 Å². The first-order chi connectivity index (χ1) is 9.43. The van der Waals surface area contributed by atoms with Crippen molar-refractivity contribution in [3.05, 3.63) is 54.1 Å². The van der Waals surface area contributed by atoms with Gasteiger partial charge in [0.25, 0.3) is 0 Å². The molecule has 2 heterocycles. The molecule has 0 atom stereocenters. The number of para-hydroxylation sites is 2. The second-order valence-corrected chi connectivity index (χ2v) is 4.76. The zero-order chi connectivity index (χ0) is 12.7. The van der Waals surface area contributed by atoms with Crippen LogP contribution in [0.2, 0.25) is 0 Å². The molecule has 0 saturated heterocycles. The summed E-state index contributed by atoms with van der Waals surface area (Å²) in [5.74, 6) is 0. The molecular weight excluding hydrogens is 234 g/mol. The predicted octanol–water partition coefficient (Wildman–Crippen LogP) is 4.79. The number of rotatable bonds is 1. The molecule has 0 unspecified atom stereocenters. The largest absolute Gasteiger partial charge is 0.455 e. The van der Waals surface area contributed by atoms with Crippen molar-refractivity contribution in [1.82, 2.24) is 0 Å². The van der Waals surface area contributed by atoms with Crippen LogP contribution in [0.3, 0.4) is 0 Å². The predicted molar refractivity (Wildman–Crippen MR) is 79.4 cm³/mol. The number of nitrogens with zero attached hydrogens (tertiary/aromatic N) is 1. The Labute approximate surface area is 111 Å². The van der Waals surface area contributed by atoms with E-state index in [1.54, 1.807) is 0 Å². The second kappa shape index (κ2) is 4.09. The first kappa shape index (κ1) is 10.6. The Hall–Kier alpha value is -2.35. The molecule has 19 heavy (non-hydrogen) atoms. The third-order valence-electron chi connectivity index (χ3n) is 3.54. The maximum Gasteiger partial charge on any atom is 0.144 e. The zero-order valence-corrected chi connectivity index (χ0v) is 10.5. The molecule has 1 aliphatic heterocycles. The Morgan fingerprint density at radius 1 is 0.895 bits per heavy atom. The average molecular weight is 247 g/mol. The minimum Gasteiger partial charge on any atom is -0.455 e. The minimum absolute atomic E-state index is 0.935. The molecule has 3 aromatic rings. The summed E-state index contributed by atoms with van der Waals surface area (Å²) in [6, 6.07) is 14.4. The van der Waals surface area contributed by atoms with Gasteiger partial charge in [-0.1, -0.05) is 36.4 Å². The summed E-state index contributed by atoms with van der Waals surface area (Å²) in [6.45, 7) is 0. The van der Waals surface area contributed by atoms with Crippen LogP contribution in [-0.4, -0.2) is 6.21 Å². The Morgan fingerprint density at radius 2 is 1.79 bits per heavy atom. The van der Waals surface area contributed by atoms with Gasteiger partial charge < -0.3 is 4.42 Å². The summed E-state index contributed by atoms with van der Waals surface area (Å²) in [5, 5.41) is 2.33. The first-order valence-corrected chi connectivity index (χ1v) is 6.57. The Morgan fingerprint density at radius 3 is 2.68 bits per heavy atom. The molecule has 1 aromatic heterocycles. The van der Waals surface area contributed by atoms with Gasteiger partial charge in [-0.05, 0) is 25.0 Å². The SMILES string of the molecule is C1=NC(c2cccc3c2oc2ccccc23)=CCC1. The molecule has 2 nitrogen and oxygen atoms in total. The Bertz CT molecular complexity index is 824. The Balaban J connectivity index is 2.06. The zero-order valence-electron chi connectivity index (χ0n) is 10.5. The van der Waals surface area contributed by atoms with Crippen molar-refractivity contribution in [2.45, 2.75) is 12.8 Å². The van der Waals surface area contributed by atoms with Gasteiger partial charge in [0.2, 0.25) is 0 Å². The van der Waals surface area contributed by atoms with E-state index in [9.17, 15) is 0 Å². The van der Waals surface area contributed by atoms with E-state index >= 15 is 0 Å². The van der Waals surface area contributed by atoms with E-state index in [0.717, 1.165) is 40.7 Å². The number of benzene rings is 2. The fourth-order valence-corrected chi connectivity index (χ4v) is 2.64. The van der Waals surface area contributed by atoms with Crippen molar-refractivity contribution in [2.75, 3.05) is 0 Å². The molecule has 2 heteroatoms. The van der Waals surface area contributed by atoms with Crippen LogP contribution in [0.4, 0.5) is 0 Å². The fraction of sp³-hybridized carbons (Fsp3) is 0.118. The van der Waals surface area contributed by atoms with Crippen molar-refractivity contribution in [3.8, 4) is 0 Å². The number of aliphatic imine (C=N–C) groups is 1. The maximum absolute atomic E-state index is 6.02. The fourth-order valence-electron chi connectivity index (χ4n) is 2.64. The smallest absolute Gasteiger partial charge is 0.144 e. The molecule has 0 aliphatic carbocycles. The topological polar surface area (TPSA) is 25.5 Å². The maximum atomic E-state index is 6.02. The van der Waals surface area contributed by atoms with Crippen LogP contribution < -0.4 is 0 Å². The van der Waals surface area contributed by atoms with Crippen LogP contribution in [0.15, 0.2) is 58.0 Å². The highest BCUT2D eigenvalue weighted by molar-refractivity contribution is 6.08. The minimum atomic E-state index is 0.935. The monoisotopic (exact) mass is 247 g/mol. The quantitative estimate of drug-likeness (QED) is 0.607. The lowest BCUT2D eigenvalue weighted by Crippen LogP contribution is -1.89. The molecule has 92 valence electrons. The molecule has 0 spiro atoms. The molecule has 0 bridgehead atoms. The van der Waals surface area contributed by atoms with Gasteiger partial charge >= 0.3 is 0 Å². The third kappa shape index (κ3) is 1.60. The molecule has 0 saturated carbocycles. The lowest BCUT2D eigenvalue weighted by atomic mass is 10.0. The number of fused-ring (bicyclic) bond motifs is 3. The number of furan rings is 1. The van der Waals surface area contributed by atoms with Crippen LogP contribution in [0.1, 0.15) is 18.4 Å². The van der Waals surface area contributed by atoms with E-state index in [1.807, 2.05) is 24.4 Å². The van der Waals surface area contributed by atoms with Crippen molar-refractivity contribution < 1.29 is 4.42 Å². The highest BCUT2D eigenvalue weighted by Crippen LogP contribution is 2.34. The van der Waals surface area contributed by atoms with Gasteiger partial charge in [-0.3, -0.25) is 4.99 Å². The molecule has 0 radical (unpaired) electrons. The number of hydrogen-bond donors (Lipinski definition) is 0. The van der Waals surface area contributed by atoms with Gasteiger partial charge in [-0.25, -0.2) is 0 Å². The summed E-state index contributed by atoms with van der Waals surface area (Å²) in [4.78, 5) is 4.50. The number of allylic oxidation sites excluding steroid dienone is 1. The van der Waals surface area contributed by atoms with E-state index in [4.69, 9.17) is 4.42 Å². The highest BCUT2D eigenvalue weighted by atomic mass is 16.3. The van der Waals surface area contributed by atoms with Gasteiger partial charge in [0, 0.05) is 22.6 Å². The van der Waals surface area contributed by atoms with E-state index in [-0.39, 0.29) is 0 Å². The van der Waals surface area contributed by atoms with E-state index in [2.05, 4.69) is 35.3 Å². The van der Waals surface area contributed by atoms with Crippen LogP contribution in [0, 0.1) is 0 Å². The van der Waals surface area contributed by atoms with Gasteiger partial charge in [-0.15, -0.1) is 0 Å². The molecule has 0 amide bonds. The van der Waals surface area contributed by atoms with Gasteiger partial charge in [0.1, 0.15) is 11.2 Å². The standard InChI is InChI=1S/C17H13NO/c1-2-10-16-12(6-1)13-7-5-8-14(17(13)19-16)15-9-3-4-11-18-15/h1-2,5-11H,3-4H2. The molecule has 0 fully saturated rings. The summed E-state index contributed by atoms with van der Waals surface area (Å²) in [6.07, 6.45) is 6.24. The molecule has 1 aliphatic rings. The summed E-state index contributed by atoms with van der Waals surface area (Å²) in [5.41, 5.74) is 3.99. The average Bonchev–Trinajstić information content (AvgIpc) is 2.87. The molecular formula is C17H13NO. The normalized spacial score (nSPS) is 15.1. The molecule has 0 N–H and O–H groups in total. The van der Waals surface area contributed by atoms with Gasteiger partial charge in [0.15, 0.2) is 0 Å². The van der Waals surface area contributed by atoms with Crippen LogP contribution >= 0.6 is 0 Å². The second-order valence-electron chi connectivity index (χ2n) is 4.76. The summed E-state index contributed by atoms with van der Waals surface area (Å²) in [7, 11) is 0. The Kier molecular flexibility index (Phi) is 2.27. The van der Waals surface area contributed by atoms with Crippen molar-refractivity contribution in [1.29, 1.82) is 0 Å². The van der Waals surface area contributed by atoms with Gasteiger partial charge in [-0.2, -0.15) is 0 Å². The van der Waals surface area contributed by atoms with Gasteiger partial charge in [0.05, 0.1) is 5.70 Å². The van der Waals surface area contributed by atoms with Crippen molar-refractivity contribution in [2.24, 2.45) is 4.99 Å². The van der Waals surface area contributed by atoms with Crippen molar-refractivity contribution >= 4 is 33.9 Å². The third-order valence-corrected chi connectivity index (χ3v) is 3.54. The first-order valence-electron chi connectivity index (χ1n) is 6.57. The molecule has 2 aromatic carbocycles. The summed E-state index contributed by atoms with van der Waals surface area (Å²) < 4.78 is 6.02. The van der Waals surface area contributed by atoms with Crippen molar-refractivity contribution in [3.63, 3.8) is 0 Å². The molecule has 4 rings (SSSR count). The van der Waals surface area contributed by atoms with E-state index < -0.39 is 0 Å². The van der Waals surface area contributed by atoms with Crippen LogP contribution in [0.25, 0.3) is 27.6 Å². The summed E-state index contributed by atoms with van der Waals surface area (Å²) >= 11 is 0. The van der Waals surface area contributed by atoms with E-state index in [0.29, 0.717) is 0 Å². The lowest BCUT2D eigenvalue weighted by Gasteiger charge is -2.06. The van der Waals surface area contributed by atoms with Crippen LogP contribution in [-0.2, 0) is 0 Å². The van der Waals surface area contributed by atoms with Crippen LogP contribution in [0.5, 0.6) is 0 Å². The lowest BCUT2D eigenvalue weighted by molar-refractivity contribution is 0.667. The highest BCUT2D eigenvalue weighted by Gasteiger charge is 2.13. The number of hydrogen-bond acceptors (Lipinski definition) is 2.